The monoisotopic (exact) mass is 395 g/mol. The lowest BCUT2D eigenvalue weighted by atomic mass is 10.0. The van der Waals surface area contributed by atoms with Gasteiger partial charge in [0, 0.05) is 43.8 Å². The van der Waals surface area contributed by atoms with Gasteiger partial charge in [-0.25, -0.2) is 9.18 Å². The Morgan fingerprint density at radius 2 is 1.76 bits per heavy atom. The molecule has 3 aromatic rings. The number of benzene rings is 2. The van der Waals surface area contributed by atoms with Gasteiger partial charge < -0.3 is 19.5 Å². The van der Waals surface area contributed by atoms with E-state index in [4.69, 9.17) is 0 Å². The summed E-state index contributed by atoms with van der Waals surface area (Å²) in [5.41, 5.74) is 0.534. The summed E-state index contributed by atoms with van der Waals surface area (Å²) in [7, 11) is 2.06. The molecule has 7 heteroatoms. The van der Waals surface area contributed by atoms with Crippen molar-refractivity contribution in [1.29, 1.82) is 0 Å². The third-order valence-electron chi connectivity index (χ3n) is 6.07. The van der Waals surface area contributed by atoms with Gasteiger partial charge in [-0.3, -0.25) is 4.79 Å². The number of carboxylic acid groups (broad SMARTS) is 1. The Kier molecular flexibility index (Phi) is 4.10. The third kappa shape index (κ3) is 3.06. The van der Waals surface area contributed by atoms with E-state index in [-0.39, 0.29) is 17.4 Å². The molecule has 0 atom stereocenters. The molecule has 5 rings (SSSR count). The minimum atomic E-state index is -1.23. The van der Waals surface area contributed by atoms with Gasteiger partial charge in [0.2, 0.25) is 5.43 Å². The SMILES string of the molecule is CN1CCN(c2cc3cc4c(cc3cc2F)c(=O)c(C(=O)O)cn4C2CC2)CC1. The van der Waals surface area contributed by atoms with Crippen LogP contribution >= 0.6 is 0 Å². The predicted molar refractivity (Wildman–Crippen MR) is 111 cm³/mol. The molecule has 1 aliphatic heterocycles. The topological polar surface area (TPSA) is 65.8 Å². The van der Waals surface area contributed by atoms with E-state index >= 15 is 0 Å². The molecule has 2 heterocycles. The Bertz CT molecular complexity index is 1210. The molecule has 0 radical (unpaired) electrons. The van der Waals surface area contributed by atoms with E-state index in [9.17, 15) is 19.1 Å². The predicted octanol–water partition coefficient (Wildman–Crippen LogP) is 3.08. The Morgan fingerprint density at radius 3 is 2.41 bits per heavy atom. The van der Waals surface area contributed by atoms with E-state index in [1.165, 1.54) is 12.3 Å². The van der Waals surface area contributed by atoms with Crippen LogP contribution in [0.4, 0.5) is 10.1 Å². The number of aromatic nitrogens is 1. The first-order valence-corrected chi connectivity index (χ1v) is 9.91. The van der Waals surface area contributed by atoms with Gasteiger partial charge in [0.1, 0.15) is 11.4 Å². The molecule has 1 aromatic heterocycles. The summed E-state index contributed by atoms with van der Waals surface area (Å²) in [6.07, 6.45) is 3.39. The summed E-state index contributed by atoms with van der Waals surface area (Å²) in [4.78, 5) is 28.6. The van der Waals surface area contributed by atoms with Gasteiger partial charge in [-0.15, -0.1) is 0 Å². The van der Waals surface area contributed by atoms with Crippen LogP contribution in [0.15, 0.2) is 35.3 Å². The molecule has 2 aromatic carbocycles. The van der Waals surface area contributed by atoms with E-state index in [0.29, 0.717) is 22.0 Å². The lowest BCUT2D eigenvalue weighted by molar-refractivity contribution is 0.0695. The average molecular weight is 395 g/mol. The number of aromatic carboxylic acids is 1. The highest BCUT2D eigenvalue weighted by molar-refractivity contribution is 6.00. The molecular weight excluding hydrogens is 373 g/mol. The maximum absolute atomic E-state index is 14.9. The molecule has 150 valence electrons. The number of hydrogen-bond donors (Lipinski definition) is 1. The quantitative estimate of drug-likeness (QED) is 0.691. The lowest BCUT2D eigenvalue weighted by Crippen LogP contribution is -2.44. The highest BCUT2D eigenvalue weighted by Crippen LogP contribution is 2.38. The number of fused-ring (bicyclic) bond motifs is 2. The van der Waals surface area contributed by atoms with Crippen molar-refractivity contribution < 1.29 is 14.3 Å². The first-order valence-electron chi connectivity index (χ1n) is 9.91. The van der Waals surface area contributed by atoms with Crippen molar-refractivity contribution in [2.45, 2.75) is 18.9 Å². The largest absolute Gasteiger partial charge is 0.477 e. The second-order valence-corrected chi connectivity index (χ2v) is 8.13. The van der Waals surface area contributed by atoms with Crippen molar-refractivity contribution in [3.05, 3.63) is 52.1 Å². The Hall–Kier alpha value is -2.93. The maximum atomic E-state index is 14.9. The zero-order valence-electron chi connectivity index (χ0n) is 16.2. The van der Waals surface area contributed by atoms with Gasteiger partial charge in [0.05, 0.1) is 11.2 Å². The van der Waals surface area contributed by atoms with Crippen LogP contribution in [0.5, 0.6) is 0 Å². The second kappa shape index (κ2) is 6.56. The van der Waals surface area contributed by atoms with Crippen LogP contribution in [-0.2, 0) is 0 Å². The second-order valence-electron chi connectivity index (χ2n) is 8.13. The van der Waals surface area contributed by atoms with Crippen LogP contribution in [0.3, 0.4) is 0 Å². The fraction of sp³-hybridized carbons (Fsp3) is 0.364. The van der Waals surface area contributed by atoms with E-state index < -0.39 is 11.4 Å². The minimum absolute atomic E-state index is 0.214. The number of carboxylic acids is 1. The summed E-state index contributed by atoms with van der Waals surface area (Å²) in [5, 5.41) is 11.2. The molecular formula is C22H22FN3O3. The zero-order chi connectivity index (χ0) is 20.3. The van der Waals surface area contributed by atoms with Gasteiger partial charge in [-0.2, -0.15) is 0 Å². The molecule has 1 aliphatic carbocycles. The first kappa shape index (κ1) is 18.1. The van der Waals surface area contributed by atoms with Gasteiger partial charge in [-0.05, 0) is 54.9 Å². The number of nitrogens with zero attached hydrogens (tertiary/aromatic N) is 3. The van der Waals surface area contributed by atoms with Crippen LogP contribution in [0.25, 0.3) is 21.7 Å². The van der Waals surface area contributed by atoms with Crippen LogP contribution in [0.2, 0.25) is 0 Å². The maximum Gasteiger partial charge on any atom is 0.341 e. The summed E-state index contributed by atoms with van der Waals surface area (Å²) < 4.78 is 16.8. The van der Waals surface area contributed by atoms with E-state index in [2.05, 4.69) is 16.8 Å². The Morgan fingerprint density at radius 1 is 1.07 bits per heavy atom. The van der Waals surface area contributed by atoms with E-state index in [1.807, 2.05) is 16.7 Å². The highest BCUT2D eigenvalue weighted by atomic mass is 19.1. The van der Waals surface area contributed by atoms with Gasteiger partial charge in [0.25, 0.3) is 0 Å². The molecule has 1 saturated carbocycles. The molecule has 2 aliphatic rings. The average Bonchev–Trinajstić information content (AvgIpc) is 3.52. The van der Waals surface area contributed by atoms with Crippen molar-refractivity contribution in [3.63, 3.8) is 0 Å². The normalized spacial score (nSPS) is 17.9. The van der Waals surface area contributed by atoms with Crippen LogP contribution in [0, 0.1) is 5.82 Å². The number of likely N-dealkylation sites (N-methyl/N-ethyl adjacent to an activating group) is 1. The number of rotatable bonds is 3. The smallest absolute Gasteiger partial charge is 0.341 e. The van der Waals surface area contributed by atoms with Crippen LogP contribution in [0.1, 0.15) is 29.2 Å². The summed E-state index contributed by atoms with van der Waals surface area (Å²) in [6.45, 7) is 3.30. The lowest BCUT2D eigenvalue weighted by Gasteiger charge is -2.34. The van der Waals surface area contributed by atoms with Crippen molar-refractivity contribution >= 4 is 33.3 Å². The van der Waals surface area contributed by atoms with Crippen molar-refractivity contribution in [3.8, 4) is 0 Å². The fourth-order valence-electron chi connectivity index (χ4n) is 4.20. The number of hydrogen-bond acceptors (Lipinski definition) is 4. The van der Waals surface area contributed by atoms with Gasteiger partial charge >= 0.3 is 5.97 Å². The molecule has 1 N–H and O–H groups in total. The Balaban J connectivity index is 1.72. The van der Waals surface area contributed by atoms with E-state index in [0.717, 1.165) is 44.4 Å². The summed E-state index contributed by atoms with van der Waals surface area (Å²) in [5.74, 6) is -1.55. The number of carbonyl (C=O) groups is 1. The Labute approximate surface area is 166 Å². The molecule has 2 fully saturated rings. The third-order valence-corrected chi connectivity index (χ3v) is 6.07. The van der Waals surface area contributed by atoms with Crippen molar-refractivity contribution in [1.82, 2.24) is 9.47 Å². The van der Waals surface area contributed by atoms with Gasteiger partial charge in [0.15, 0.2) is 0 Å². The summed E-state index contributed by atoms with van der Waals surface area (Å²) >= 11 is 0. The van der Waals surface area contributed by atoms with Crippen LogP contribution < -0.4 is 10.3 Å². The standard InChI is InChI=1S/C22H22FN3O3/c1-24-4-6-25(7-5-24)20-11-14-10-19-16(8-13(14)9-18(20)23)21(27)17(22(28)29)12-26(19)15-2-3-15/h8-12,15H,2-7H2,1H3,(H,28,29). The molecule has 29 heavy (non-hydrogen) atoms. The highest BCUT2D eigenvalue weighted by Gasteiger charge is 2.27. The first-order chi connectivity index (χ1) is 13.9. The molecule has 0 unspecified atom stereocenters. The van der Waals surface area contributed by atoms with Crippen LogP contribution in [-0.4, -0.2) is 53.8 Å². The minimum Gasteiger partial charge on any atom is -0.477 e. The molecule has 0 bridgehead atoms. The van der Waals surface area contributed by atoms with Crippen molar-refractivity contribution in [2.24, 2.45) is 0 Å². The number of piperazine rings is 1. The number of halogens is 1. The zero-order valence-corrected chi connectivity index (χ0v) is 16.2. The number of anilines is 1. The molecule has 0 amide bonds. The van der Waals surface area contributed by atoms with Gasteiger partial charge in [-0.1, -0.05) is 0 Å². The van der Waals surface area contributed by atoms with E-state index in [1.54, 1.807) is 6.07 Å². The number of pyridine rings is 1. The molecule has 6 nitrogen and oxygen atoms in total. The molecule has 1 saturated heterocycles. The summed E-state index contributed by atoms with van der Waals surface area (Å²) in [6, 6.07) is 7.05. The van der Waals surface area contributed by atoms with Crippen molar-refractivity contribution in [2.75, 3.05) is 38.1 Å². The fourth-order valence-corrected chi connectivity index (χ4v) is 4.20. The molecule has 0 spiro atoms.